The second-order valence-corrected chi connectivity index (χ2v) is 10.2. The minimum absolute atomic E-state index is 0. The molecule has 2 N–H and O–H groups in total. The second kappa shape index (κ2) is 14.0. The lowest BCUT2D eigenvalue weighted by Gasteiger charge is -2.28. The van der Waals surface area contributed by atoms with Crippen LogP contribution in [0.4, 0.5) is 0 Å². The second-order valence-electron chi connectivity index (χ2n) is 10.2. The molecule has 0 amide bonds. The molecule has 0 bridgehead atoms. The first-order valence-corrected chi connectivity index (χ1v) is 13.1. The Morgan fingerprint density at radius 2 is 1.73 bits per heavy atom. The Labute approximate surface area is 242 Å². The molecule has 4 aromatic rings. The normalized spacial score (nSPS) is 11.8. The van der Waals surface area contributed by atoms with Crippen LogP contribution in [0.15, 0.2) is 84.9 Å². The van der Waals surface area contributed by atoms with Crippen molar-refractivity contribution in [1.82, 2.24) is 5.32 Å². The molecular formula is C33H35ClN2O4. The summed E-state index contributed by atoms with van der Waals surface area (Å²) in [4.78, 5) is 12.1. The summed E-state index contributed by atoms with van der Waals surface area (Å²) in [5.74, 6) is 0.0140. The predicted octanol–water partition coefficient (Wildman–Crippen LogP) is 6.33. The van der Waals surface area contributed by atoms with Crippen LogP contribution in [-0.4, -0.2) is 42.5 Å². The molecule has 1 unspecified atom stereocenters. The van der Waals surface area contributed by atoms with Crippen LogP contribution < -0.4 is 10.1 Å². The molecule has 4 rings (SSSR count). The molecular weight excluding hydrogens is 524 g/mol. The standard InChI is InChI=1S/C33H34N2O4.ClH/c1-4-38-32(37)28-11-7-10-26(17-28)27-14-15-31(29(18-27)20-34)39-22-30(36)21-35-33(2,3)19-23-12-13-24-8-5-6-9-25(24)16-23;/h5-18,30,35-36H,4,19,21-22H2,1-3H3;1H. The van der Waals surface area contributed by atoms with Gasteiger partial charge in [0.05, 0.1) is 17.7 Å². The van der Waals surface area contributed by atoms with Gasteiger partial charge in [-0.3, -0.25) is 0 Å². The van der Waals surface area contributed by atoms with Gasteiger partial charge in [0.25, 0.3) is 0 Å². The molecule has 0 aliphatic carbocycles. The Morgan fingerprint density at radius 1 is 0.975 bits per heavy atom. The van der Waals surface area contributed by atoms with Crippen molar-refractivity contribution in [3.63, 3.8) is 0 Å². The Morgan fingerprint density at radius 3 is 2.48 bits per heavy atom. The van der Waals surface area contributed by atoms with Gasteiger partial charge in [-0.1, -0.05) is 60.7 Å². The molecule has 0 aromatic heterocycles. The summed E-state index contributed by atoms with van der Waals surface area (Å²) in [6.45, 7) is 6.68. The third-order valence-corrected chi connectivity index (χ3v) is 6.51. The number of β-amino-alcohol motifs (C(OH)–C–C–N with tert-alkyl or cyclic N) is 1. The lowest BCUT2D eigenvalue weighted by Crippen LogP contribution is -2.46. The number of esters is 1. The van der Waals surface area contributed by atoms with Crippen molar-refractivity contribution in [2.75, 3.05) is 19.8 Å². The van der Waals surface area contributed by atoms with Gasteiger partial charge in [-0.15, -0.1) is 12.4 Å². The summed E-state index contributed by atoms with van der Waals surface area (Å²) in [5.41, 5.74) is 3.37. The SMILES string of the molecule is CCOC(=O)c1cccc(-c2ccc(OCC(O)CNC(C)(C)Cc3ccc4ccccc4c3)c(C#N)c2)c1.Cl. The van der Waals surface area contributed by atoms with Crippen LogP contribution in [0, 0.1) is 11.3 Å². The third-order valence-electron chi connectivity index (χ3n) is 6.51. The van der Waals surface area contributed by atoms with Gasteiger partial charge in [0.15, 0.2) is 0 Å². The van der Waals surface area contributed by atoms with Gasteiger partial charge < -0.3 is 19.9 Å². The highest BCUT2D eigenvalue weighted by molar-refractivity contribution is 5.91. The number of nitriles is 1. The third kappa shape index (κ3) is 8.06. The first-order valence-electron chi connectivity index (χ1n) is 13.1. The van der Waals surface area contributed by atoms with Gasteiger partial charge in [-0.2, -0.15) is 5.26 Å². The van der Waals surface area contributed by atoms with Gasteiger partial charge in [0, 0.05) is 12.1 Å². The first-order chi connectivity index (χ1) is 18.8. The predicted molar refractivity (Wildman–Crippen MR) is 161 cm³/mol. The number of rotatable bonds is 11. The minimum atomic E-state index is -0.756. The summed E-state index contributed by atoms with van der Waals surface area (Å²) < 4.78 is 10.9. The number of benzene rings is 4. The molecule has 0 saturated heterocycles. The average Bonchev–Trinajstić information content (AvgIpc) is 2.95. The lowest BCUT2D eigenvalue weighted by molar-refractivity contribution is 0.0526. The molecule has 208 valence electrons. The lowest BCUT2D eigenvalue weighted by atomic mass is 9.93. The molecule has 0 aliphatic heterocycles. The molecule has 6 nitrogen and oxygen atoms in total. The van der Waals surface area contributed by atoms with Crippen molar-refractivity contribution in [3.8, 4) is 22.9 Å². The molecule has 1 atom stereocenters. The van der Waals surface area contributed by atoms with E-state index in [0.717, 1.165) is 17.5 Å². The summed E-state index contributed by atoms with van der Waals surface area (Å²) in [6, 6.07) is 29.3. The first kappa shape index (κ1) is 30.6. The Bertz CT molecular complexity index is 1500. The number of hydrogen-bond donors (Lipinski definition) is 2. The number of carbonyl (C=O) groups is 1. The van der Waals surface area contributed by atoms with Gasteiger partial charge in [0.1, 0.15) is 24.5 Å². The van der Waals surface area contributed by atoms with Crippen molar-refractivity contribution in [2.45, 2.75) is 38.8 Å². The van der Waals surface area contributed by atoms with Gasteiger partial charge >= 0.3 is 5.97 Å². The van der Waals surface area contributed by atoms with E-state index in [2.05, 4.69) is 55.6 Å². The molecule has 0 spiro atoms. The Kier molecular flexibility index (Phi) is 10.7. The van der Waals surface area contributed by atoms with Crippen molar-refractivity contribution >= 4 is 29.1 Å². The highest BCUT2D eigenvalue weighted by atomic mass is 35.5. The number of aliphatic hydroxyl groups is 1. The van der Waals surface area contributed by atoms with Crippen LogP contribution in [-0.2, 0) is 11.2 Å². The van der Waals surface area contributed by atoms with E-state index in [0.29, 0.717) is 30.0 Å². The van der Waals surface area contributed by atoms with Crippen LogP contribution in [0.5, 0.6) is 5.75 Å². The summed E-state index contributed by atoms with van der Waals surface area (Å²) in [7, 11) is 0. The summed E-state index contributed by atoms with van der Waals surface area (Å²) in [5, 5.41) is 26.2. The molecule has 4 aromatic carbocycles. The quantitative estimate of drug-likeness (QED) is 0.209. The van der Waals surface area contributed by atoms with Crippen molar-refractivity contribution in [2.24, 2.45) is 0 Å². The summed E-state index contributed by atoms with van der Waals surface area (Å²) >= 11 is 0. The van der Waals surface area contributed by atoms with E-state index < -0.39 is 6.10 Å². The van der Waals surface area contributed by atoms with Crippen molar-refractivity contribution < 1.29 is 19.4 Å². The maximum absolute atomic E-state index is 12.1. The fraction of sp³-hybridized carbons (Fsp3) is 0.273. The zero-order chi connectivity index (χ0) is 27.8. The number of hydrogen-bond acceptors (Lipinski definition) is 6. The fourth-order valence-corrected chi connectivity index (χ4v) is 4.52. The number of aliphatic hydroxyl groups excluding tert-OH is 1. The number of nitrogens with zero attached hydrogens (tertiary/aromatic N) is 1. The summed E-state index contributed by atoms with van der Waals surface area (Å²) in [6.07, 6.45) is 0.0522. The number of nitrogens with one attached hydrogen (secondary N) is 1. The zero-order valence-corrected chi connectivity index (χ0v) is 23.8. The Balaban J connectivity index is 0.00000441. The molecule has 0 heterocycles. The molecule has 40 heavy (non-hydrogen) atoms. The van der Waals surface area contributed by atoms with E-state index >= 15 is 0 Å². The van der Waals surface area contributed by atoms with Crippen LogP contribution >= 0.6 is 12.4 Å². The number of halogens is 1. The number of ether oxygens (including phenoxy) is 2. The van der Waals surface area contributed by atoms with Crippen molar-refractivity contribution in [3.05, 3.63) is 102 Å². The van der Waals surface area contributed by atoms with Crippen LogP contribution in [0.2, 0.25) is 0 Å². The van der Waals surface area contributed by atoms with Crippen molar-refractivity contribution in [1.29, 1.82) is 5.26 Å². The molecule has 0 radical (unpaired) electrons. The average molecular weight is 559 g/mol. The molecule has 0 saturated carbocycles. The van der Waals surface area contributed by atoms with E-state index in [4.69, 9.17) is 9.47 Å². The van der Waals surface area contributed by atoms with E-state index in [1.807, 2.05) is 24.3 Å². The van der Waals surface area contributed by atoms with Gasteiger partial charge in [0.2, 0.25) is 0 Å². The monoisotopic (exact) mass is 558 g/mol. The largest absolute Gasteiger partial charge is 0.489 e. The molecule has 7 heteroatoms. The Hall–Kier alpha value is -3.89. The molecule has 0 aliphatic rings. The topological polar surface area (TPSA) is 91.6 Å². The highest BCUT2D eigenvalue weighted by Gasteiger charge is 2.20. The maximum Gasteiger partial charge on any atom is 0.338 e. The van der Waals surface area contributed by atoms with Gasteiger partial charge in [-0.25, -0.2) is 4.79 Å². The van der Waals surface area contributed by atoms with E-state index in [1.165, 1.54) is 16.3 Å². The van der Waals surface area contributed by atoms with E-state index in [1.54, 1.807) is 37.3 Å². The fourth-order valence-electron chi connectivity index (χ4n) is 4.52. The highest BCUT2D eigenvalue weighted by Crippen LogP contribution is 2.27. The number of carbonyl (C=O) groups excluding carboxylic acids is 1. The van der Waals surface area contributed by atoms with Gasteiger partial charge in [-0.05, 0) is 78.9 Å². The maximum atomic E-state index is 12.1. The van der Waals surface area contributed by atoms with Crippen LogP contribution in [0.1, 0.15) is 42.3 Å². The number of fused-ring (bicyclic) bond motifs is 1. The van der Waals surface area contributed by atoms with E-state index in [9.17, 15) is 15.2 Å². The molecule has 0 fully saturated rings. The zero-order valence-electron chi connectivity index (χ0n) is 23.0. The smallest absolute Gasteiger partial charge is 0.338 e. The van der Waals surface area contributed by atoms with Crippen LogP contribution in [0.25, 0.3) is 21.9 Å². The van der Waals surface area contributed by atoms with E-state index in [-0.39, 0.29) is 30.5 Å². The minimum Gasteiger partial charge on any atom is -0.489 e. The van der Waals surface area contributed by atoms with Crippen LogP contribution in [0.3, 0.4) is 0 Å².